The molecule has 2 aromatic rings. The number of nitrogens with two attached hydrogens (primary N) is 1. The molecule has 0 amide bonds. The van der Waals surface area contributed by atoms with E-state index in [1.807, 2.05) is 24.3 Å². The Morgan fingerprint density at radius 1 is 1.10 bits per heavy atom. The highest BCUT2D eigenvalue weighted by atomic mass is 79.9. The van der Waals surface area contributed by atoms with Crippen LogP contribution in [0.5, 0.6) is 5.75 Å². The monoisotopic (exact) mass is 341 g/mol. The van der Waals surface area contributed by atoms with Crippen molar-refractivity contribution in [3.8, 4) is 5.75 Å². The van der Waals surface area contributed by atoms with Crippen molar-refractivity contribution in [1.82, 2.24) is 0 Å². The minimum atomic E-state index is -0.617. The summed E-state index contributed by atoms with van der Waals surface area (Å²) in [7, 11) is 0. The summed E-state index contributed by atoms with van der Waals surface area (Å²) in [6.45, 7) is 1.75. The molecule has 2 N–H and O–H groups in total. The second-order valence-electron chi connectivity index (χ2n) is 4.52. The van der Waals surface area contributed by atoms with Crippen LogP contribution in [0.2, 0.25) is 0 Å². The van der Waals surface area contributed by atoms with E-state index in [4.69, 9.17) is 10.5 Å². The van der Waals surface area contributed by atoms with Gasteiger partial charge in [0.2, 0.25) is 0 Å². The lowest BCUT2D eigenvalue weighted by Gasteiger charge is -2.23. The molecular formula is C15H14BrF2NO. The average Bonchev–Trinajstić information content (AvgIpc) is 2.40. The molecule has 20 heavy (non-hydrogen) atoms. The van der Waals surface area contributed by atoms with E-state index in [9.17, 15) is 8.78 Å². The minimum absolute atomic E-state index is 0.143. The van der Waals surface area contributed by atoms with Crippen molar-refractivity contribution in [3.05, 3.63) is 64.1 Å². The second kappa shape index (κ2) is 6.33. The fourth-order valence-corrected chi connectivity index (χ4v) is 2.10. The molecule has 0 spiro atoms. The first-order valence-electron chi connectivity index (χ1n) is 6.10. The van der Waals surface area contributed by atoms with Crippen LogP contribution >= 0.6 is 15.9 Å². The zero-order chi connectivity index (χ0) is 14.7. The third-order valence-corrected chi connectivity index (χ3v) is 3.35. The smallest absolute Gasteiger partial charge is 0.165 e. The van der Waals surface area contributed by atoms with Gasteiger partial charge in [-0.1, -0.05) is 28.1 Å². The van der Waals surface area contributed by atoms with Crippen LogP contribution in [-0.4, -0.2) is 6.04 Å². The Labute approximate surface area is 124 Å². The van der Waals surface area contributed by atoms with Gasteiger partial charge in [0.25, 0.3) is 0 Å². The van der Waals surface area contributed by atoms with Gasteiger partial charge in [0.15, 0.2) is 11.6 Å². The lowest BCUT2D eigenvalue weighted by Crippen LogP contribution is -2.29. The Morgan fingerprint density at radius 2 is 1.75 bits per heavy atom. The number of ether oxygens (including phenoxy) is 1. The molecule has 0 aliphatic rings. The zero-order valence-corrected chi connectivity index (χ0v) is 12.4. The first-order valence-corrected chi connectivity index (χ1v) is 6.89. The maximum atomic E-state index is 13.6. The fourth-order valence-electron chi connectivity index (χ4n) is 1.84. The van der Waals surface area contributed by atoms with E-state index in [2.05, 4.69) is 15.9 Å². The van der Waals surface area contributed by atoms with Gasteiger partial charge in [-0.05, 0) is 36.8 Å². The standard InChI is InChI=1S/C15H14BrF2NO/c1-9(19)15(10-2-4-11(16)5-3-10)20-14-8-12(17)6-7-13(14)18/h2-9,15H,19H2,1H3. The maximum Gasteiger partial charge on any atom is 0.165 e. The van der Waals surface area contributed by atoms with Crippen LogP contribution in [0, 0.1) is 11.6 Å². The molecule has 2 nitrogen and oxygen atoms in total. The van der Waals surface area contributed by atoms with E-state index in [-0.39, 0.29) is 11.8 Å². The fraction of sp³-hybridized carbons (Fsp3) is 0.200. The zero-order valence-electron chi connectivity index (χ0n) is 10.8. The molecule has 0 heterocycles. The molecule has 0 aromatic heterocycles. The summed E-state index contributed by atoms with van der Waals surface area (Å²) in [6.07, 6.45) is -0.556. The second-order valence-corrected chi connectivity index (χ2v) is 5.44. The Balaban J connectivity index is 2.30. The largest absolute Gasteiger partial charge is 0.481 e. The molecule has 0 aliphatic carbocycles. The van der Waals surface area contributed by atoms with Gasteiger partial charge in [-0.2, -0.15) is 0 Å². The highest BCUT2D eigenvalue weighted by Gasteiger charge is 2.20. The van der Waals surface area contributed by atoms with Gasteiger partial charge >= 0.3 is 0 Å². The van der Waals surface area contributed by atoms with Crippen molar-refractivity contribution in [2.45, 2.75) is 19.1 Å². The Morgan fingerprint density at radius 3 is 2.35 bits per heavy atom. The van der Waals surface area contributed by atoms with Gasteiger partial charge in [0.1, 0.15) is 11.9 Å². The number of halogens is 3. The van der Waals surface area contributed by atoms with Crippen molar-refractivity contribution in [2.75, 3.05) is 0 Å². The highest BCUT2D eigenvalue weighted by molar-refractivity contribution is 9.10. The maximum absolute atomic E-state index is 13.6. The summed E-state index contributed by atoms with van der Waals surface area (Å²) < 4.78 is 33.3. The van der Waals surface area contributed by atoms with Crippen LogP contribution in [0.25, 0.3) is 0 Å². The molecule has 0 aliphatic heterocycles. The van der Waals surface area contributed by atoms with E-state index < -0.39 is 17.7 Å². The summed E-state index contributed by atoms with van der Waals surface area (Å²) in [6, 6.07) is 10.1. The van der Waals surface area contributed by atoms with E-state index >= 15 is 0 Å². The lowest BCUT2D eigenvalue weighted by molar-refractivity contribution is 0.172. The van der Waals surface area contributed by atoms with Crippen LogP contribution < -0.4 is 10.5 Å². The van der Waals surface area contributed by atoms with E-state index in [1.54, 1.807) is 6.92 Å². The molecule has 5 heteroatoms. The highest BCUT2D eigenvalue weighted by Crippen LogP contribution is 2.27. The van der Waals surface area contributed by atoms with Gasteiger partial charge in [-0.15, -0.1) is 0 Å². The number of hydrogen-bond donors (Lipinski definition) is 1. The molecule has 2 atom stereocenters. The topological polar surface area (TPSA) is 35.2 Å². The van der Waals surface area contributed by atoms with Gasteiger partial charge in [-0.3, -0.25) is 0 Å². The van der Waals surface area contributed by atoms with Crippen LogP contribution in [-0.2, 0) is 0 Å². The Kier molecular flexibility index (Phi) is 4.73. The molecule has 2 aromatic carbocycles. The predicted molar refractivity (Wildman–Crippen MR) is 77.5 cm³/mol. The lowest BCUT2D eigenvalue weighted by atomic mass is 10.0. The Bertz CT molecular complexity index is 587. The average molecular weight is 342 g/mol. The molecule has 0 saturated heterocycles. The van der Waals surface area contributed by atoms with Gasteiger partial charge < -0.3 is 10.5 Å². The first kappa shape index (κ1) is 14.9. The van der Waals surface area contributed by atoms with Crippen molar-refractivity contribution >= 4 is 15.9 Å². The summed E-state index contributed by atoms with van der Waals surface area (Å²) in [5.41, 5.74) is 6.69. The molecule has 0 fully saturated rings. The molecule has 106 valence electrons. The van der Waals surface area contributed by atoms with E-state index in [0.717, 1.165) is 28.2 Å². The third kappa shape index (κ3) is 3.55. The molecule has 0 radical (unpaired) electrons. The van der Waals surface area contributed by atoms with Crippen molar-refractivity contribution in [2.24, 2.45) is 5.73 Å². The van der Waals surface area contributed by atoms with E-state index in [1.165, 1.54) is 0 Å². The number of benzene rings is 2. The molecule has 0 bridgehead atoms. The van der Waals surface area contributed by atoms with Crippen LogP contribution in [0.15, 0.2) is 46.9 Å². The van der Waals surface area contributed by atoms with Crippen LogP contribution in [0.4, 0.5) is 8.78 Å². The summed E-state index contributed by atoms with van der Waals surface area (Å²) >= 11 is 3.34. The normalized spacial score (nSPS) is 13.8. The van der Waals surface area contributed by atoms with Crippen molar-refractivity contribution in [3.63, 3.8) is 0 Å². The number of rotatable bonds is 4. The van der Waals surface area contributed by atoms with Gasteiger partial charge in [0.05, 0.1) is 0 Å². The molecule has 2 rings (SSSR count). The van der Waals surface area contributed by atoms with Gasteiger partial charge in [-0.25, -0.2) is 8.78 Å². The number of hydrogen-bond acceptors (Lipinski definition) is 2. The van der Waals surface area contributed by atoms with Crippen molar-refractivity contribution in [1.29, 1.82) is 0 Å². The summed E-state index contributed by atoms with van der Waals surface area (Å²) in [5.74, 6) is -1.31. The quantitative estimate of drug-likeness (QED) is 0.904. The summed E-state index contributed by atoms with van der Waals surface area (Å²) in [5, 5.41) is 0. The van der Waals surface area contributed by atoms with Crippen LogP contribution in [0.1, 0.15) is 18.6 Å². The molecule has 2 unspecified atom stereocenters. The summed E-state index contributed by atoms with van der Waals surface area (Å²) in [4.78, 5) is 0. The van der Waals surface area contributed by atoms with Crippen molar-refractivity contribution < 1.29 is 13.5 Å². The molecule has 0 saturated carbocycles. The Hall–Kier alpha value is -1.46. The minimum Gasteiger partial charge on any atom is -0.481 e. The van der Waals surface area contributed by atoms with Gasteiger partial charge in [0, 0.05) is 16.6 Å². The predicted octanol–water partition coefficient (Wildman–Crippen LogP) is 4.19. The van der Waals surface area contributed by atoms with Crippen LogP contribution in [0.3, 0.4) is 0 Å². The molecular weight excluding hydrogens is 328 g/mol. The first-order chi connectivity index (χ1) is 9.47. The van der Waals surface area contributed by atoms with E-state index in [0.29, 0.717) is 0 Å². The SMILES string of the molecule is CC(N)C(Oc1cc(F)ccc1F)c1ccc(Br)cc1. The third-order valence-electron chi connectivity index (χ3n) is 2.82.